The molecule has 4 atom stereocenters. The summed E-state index contributed by atoms with van der Waals surface area (Å²) in [6.45, 7) is 10.6. The van der Waals surface area contributed by atoms with E-state index in [2.05, 4.69) is 13.5 Å². The normalized spacial score (nSPS) is 26.8. The summed E-state index contributed by atoms with van der Waals surface area (Å²) in [5.74, 6) is -0.624. The van der Waals surface area contributed by atoms with Gasteiger partial charge in [0.1, 0.15) is 6.10 Å². The highest BCUT2D eigenvalue weighted by Gasteiger charge is 2.55. The number of allylic oxidation sites excluding steroid dienone is 2. The summed E-state index contributed by atoms with van der Waals surface area (Å²) >= 11 is 0. The molecule has 4 heteroatoms. The van der Waals surface area contributed by atoms with Gasteiger partial charge in [-0.25, -0.2) is 9.59 Å². The number of hydrogen-bond donors (Lipinski definition) is 0. The van der Waals surface area contributed by atoms with Crippen LogP contribution in [0.15, 0.2) is 84.0 Å². The van der Waals surface area contributed by atoms with Crippen molar-refractivity contribution in [3.05, 3.63) is 95.1 Å². The number of carbonyl (C=O) groups is 2. The first-order valence-corrected chi connectivity index (χ1v) is 11.7. The average molecular weight is 445 g/mol. The van der Waals surface area contributed by atoms with Crippen molar-refractivity contribution in [1.29, 1.82) is 0 Å². The minimum absolute atomic E-state index is 0.177. The zero-order valence-electron chi connectivity index (χ0n) is 19.7. The van der Waals surface area contributed by atoms with Gasteiger partial charge in [-0.15, -0.1) is 0 Å². The molecule has 2 saturated carbocycles. The quantitative estimate of drug-likeness (QED) is 0.397. The molecule has 4 nitrogen and oxygen atoms in total. The third kappa shape index (κ3) is 4.52. The second kappa shape index (κ2) is 9.38. The van der Waals surface area contributed by atoms with Crippen molar-refractivity contribution in [1.82, 2.24) is 0 Å². The van der Waals surface area contributed by atoms with Crippen molar-refractivity contribution >= 4 is 11.9 Å². The molecule has 0 N–H and O–H groups in total. The fourth-order valence-electron chi connectivity index (χ4n) is 5.43. The number of hydrogen-bond acceptors (Lipinski definition) is 4. The molecule has 0 spiro atoms. The number of ether oxygens (including phenoxy) is 2. The molecule has 4 rings (SSSR count). The van der Waals surface area contributed by atoms with Gasteiger partial charge in [-0.2, -0.15) is 0 Å². The Balaban J connectivity index is 1.75. The molecule has 2 aromatic carbocycles. The summed E-state index contributed by atoms with van der Waals surface area (Å²) in [5, 5.41) is 0. The lowest BCUT2D eigenvalue weighted by Crippen LogP contribution is -2.56. The van der Waals surface area contributed by atoms with Gasteiger partial charge in [0.05, 0.1) is 11.1 Å². The van der Waals surface area contributed by atoms with E-state index in [9.17, 15) is 9.59 Å². The van der Waals surface area contributed by atoms with Gasteiger partial charge in [-0.1, -0.05) is 61.0 Å². The Labute approximate surface area is 196 Å². The third-order valence-corrected chi connectivity index (χ3v) is 7.32. The van der Waals surface area contributed by atoms with Crippen LogP contribution < -0.4 is 0 Å². The number of esters is 2. The van der Waals surface area contributed by atoms with Gasteiger partial charge in [0, 0.05) is 5.41 Å². The maximum Gasteiger partial charge on any atom is 0.338 e. The SMILES string of the molecule is C=C1CCC[C@@]2(C)[C@H]1CC(=C(C)C)[C@H](OC(=O)c1ccccc1)[C@@H]2OC(=O)c1ccccc1. The highest BCUT2D eigenvalue weighted by atomic mass is 16.6. The first-order valence-electron chi connectivity index (χ1n) is 11.7. The Morgan fingerprint density at radius 3 is 2.00 bits per heavy atom. The molecular formula is C29H32O4. The predicted molar refractivity (Wildman–Crippen MR) is 129 cm³/mol. The molecule has 2 aliphatic carbocycles. The standard InChI is InChI=1S/C29H32O4/c1-19(2)23-18-24-20(3)12-11-17-29(24,4)26(33-28(31)22-15-9-6-10-16-22)25(23)32-27(30)21-13-7-5-8-14-21/h5-10,13-16,24-26H,3,11-12,17-18H2,1-2,4H3/t24-,25-,26-,29-/m0/s1. The second-order valence-electron chi connectivity index (χ2n) is 9.68. The summed E-state index contributed by atoms with van der Waals surface area (Å²) in [6, 6.07) is 18.0. The first-order chi connectivity index (χ1) is 15.8. The van der Waals surface area contributed by atoms with Crippen LogP contribution in [-0.4, -0.2) is 24.1 Å². The number of benzene rings is 2. The predicted octanol–water partition coefficient (Wildman–Crippen LogP) is 6.54. The lowest BCUT2D eigenvalue weighted by molar-refractivity contribution is -0.110. The molecule has 0 heterocycles. The maximum atomic E-state index is 13.2. The van der Waals surface area contributed by atoms with Crippen LogP contribution in [0.1, 0.15) is 67.2 Å². The fraction of sp³-hybridized carbons (Fsp3) is 0.379. The molecule has 0 aliphatic heterocycles. The Morgan fingerprint density at radius 2 is 1.45 bits per heavy atom. The highest BCUT2D eigenvalue weighted by molar-refractivity contribution is 5.90. The topological polar surface area (TPSA) is 52.6 Å². The average Bonchev–Trinajstić information content (AvgIpc) is 2.81. The lowest BCUT2D eigenvalue weighted by atomic mass is 9.55. The molecule has 0 aromatic heterocycles. The van der Waals surface area contributed by atoms with Gasteiger partial charge in [0.15, 0.2) is 6.10 Å². The Bertz CT molecular complexity index is 1070. The number of rotatable bonds is 4. The van der Waals surface area contributed by atoms with Crippen LogP contribution in [0.5, 0.6) is 0 Å². The molecule has 172 valence electrons. The van der Waals surface area contributed by atoms with E-state index in [1.807, 2.05) is 50.2 Å². The van der Waals surface area contributed by atoms with Crippen LogP contribution in [0.4, 0.5) is 0 Å². The van der Waals surface area contributed by atoms with E-state index in [0.29, 0.717) is 11.1 Å². The van der Waals surface area contributed by atoms with Gasteiger partial charge in [0.25, 0.3) is 0 Å². The summed E-state index contributed by atoms with van der Waals surface area (Å²) in [4.78, 5) is 26.3. The van der Waals surface area contributed by atoms with Gasteiger partial charge < -0.3 is 9.47 Å². The van der Waals surface area contributed by atoms with E-state index in [1.54, 1.807) is 24.3 Å². The smallest absolute Gasteiger partial charge is 0.338 e. The molecule has 33 heavy (non-hydrogen) atoms. The summed E-state index contributed by atoms with van der Waals surface area (Å²) in [5.41, 5.74) is 3.91. The van der Waals surface area contributed by atoms with Crippen LogP contribution in [0.25, 0.3) is 0 Å². The van der Waals surface area contributed by atoms with Gasteiger partial charge >= 0.3 is 11.9 Å². The van der Waals surface area contributed by atoms with Gasteiger partial charge in [0.2, 0.25) is 0 Å². The Hall–Kier alpha value is -3.14. The molecule has 0 unspecified atom stereocenters. The largest absolute Gasteiger partial charge is 0.454 e. The lowest BCUT2D eigenvalue weighted by Gasteiger charge is -2.53. The number of carbonyl (C=O) groups excluding carboxylic acids is 2. The van der Waals surface area contributed by atoms with Crippen molar-refractivity contribution in [3.63, 3.8) is 0 Å². The zero-order valence-corrected chi connectivity index (χ0v) is 19.7. The van der Waals surface area contributed by atoms with Crippen LogP contribution in [0.2, 0.25) is 0 Å². The molecule has 2 fully saturated rings. The Morgan fingerprint density at radius 1 is 0.909 bits per heavy atom. The Kier molecular flexibility index (Phi) is 6.55. The van der Waals surface area contributed by atoms with Crippen LogP contribution >= 0.6 is 0 Å². The maximum absolute atomic E-state index is 13.2. The fourth-order valence-corrected chi connectivity index (χ4v) is 5.43. The minimum Gasteiger partial charge on any atom is -0.454 e. The molecule has 2 aliphatic rings. The minimum atomic E-state index is -0.637. The van der Waals surface area contributed by atoms with Crippen molar-refractivity contribution in [2.45, 2.75) is 58.7 Å². The molecule has 0 saturated heterocycles. The van der Waals surface area contributed by atoms with Crippen LogP contribution in [0, 0.1) is 11.3 Å². The van der Waals surface area contributed by atoms with Crippen LogP contribution in [-0.2, 0) is 9.47 Å². The van der Waals surface area contributed by atoms with E-state index in [0.717, 1.165) is 36.8 Å². The van der Waals surface area contributed by atoms with E-state index in [4.69, 9.17) is 9.47 Å². The van der Waals surface area contributed by atoms with E-state index >= 15 is 0 Å². The van der Waals surface area contributed by atoms with Crippen LogP contribution in [0.3, 0.4) is 0 Å². The van der Waals surface area contributed by atoms with Gasteiger partial charge in [-0.05, 0) is 75.3 Å². The molecular weight excluding hydrogens is 412 g/mol. The monoisotopic (exact) mass is 444 g/mol. The van der Waals surface area contributed by atoms with Gasteiger partial charge in [-0.3, -0.25) is 0 Å². The highest BCUT2D eigenvalue weighted by Crippen LogP contribution is 2.55. The third-order valence-electron chi connectivity index (χ3n) is 7.32. The molecule has 0 amide bonds. The van der Waals surface area contributed by atoms with Crippen molar-refractivity contribution < 1.29 is 19.1 Å². The zero-order chi connectivity index (χ0) is 23.6. The first kappa shape index (κ1) is 23.0. The van der Waals surface area contributed by atoms with Crippen molar-refractivity contribution in [2.75, 3.05) is 0 Å². The van der Waals surface area contributed by atoms with Crippen molar-refractivity contribution in [3.8, 4) is 0 Å². The van der Waals surface area contributed by atoms with E-state index in [-0.39, 0.29) is 11.3 Å². The second-order valence-corrected chi connectivity index (χ2v) is 9.68. The molecule has 0 radical (unpaired) electrons. The molecule has 0 bridgehead atoms. The van der Waals surface area contributed by atoms with Crippen molar-refractivity contribution in [2.24, 2.45) is 11.3 Å². The summed E-state index contributed by atoms with van der Waals surface area (Å²) in [6.07, 6.45) is 2.38. The molecule has 2 aromatic rings. The van der Waals surface area contributed by atoms with E-state index < -0.39 is 24.1 Å². The summed E-state index contributed by atoms with van der Waals surface area (Å²) in [7, 11) is 0. The summed E-state index contributed by atoms with van der Waals surface area (Å²) < 4.78 is 12.4. The van der Waals surface area contributed by atoms with E-state index in [1.165, 1.54) is 5.57 Å². The number of fused-ring (bicyclic) bond motifs is 1.